The van der Waals surface area contributed by atoms with E-state index in [1.165, 1.54) is 16.7 Å². The summed E-state index contributed by atoms with van der Waals surface area (Å²) in [5.41, 5.74) is 6.68. The van der Waals surface area contributed by atoms with Crippen molar-refractivity contribution in [1.82, 2.24) is 9.29 Å². The van der Waals surface area contributed by atoms with Gasteiger partial charge in [-0.3, -0.25) is 4.57 Å². The second kappa shape index (κ2) is 6.04. The molecule has 0 aliphatic heterocycles. The maximum Gasteiger partial charge on any atom is 0.419 e. The number of benzene rings is 1. The van der Waals surface area contributed by atoms with Crippen LogP contribution in [0.15, 0.2) is 32.3 Å². The van der Waals surface area contributed by atoms with E-state index in [9.17, 15) is 13.2 Å². The van der Waals surface area contributed by atoms with Crippen LogP contribution in [0.4, 0.5) is 0 Å². The molecule has 0 amide bonds. The van der Waals surface area contributed by atoms with E-state index >= 15 is 0 Å². The van der Waals surface area contributed by atoms with Crippen molar-refractivity contribution in [2.24, 2.45) is 18.7 Å². The van der Waals surface area contributed by atoms with E-state index in [0.29, 0.717) is 11.4 Å². The second-order valence-electron chi connectivity index (χ2n) is 5.41. The van der Waals surface area contributed by atoms with Crippen LogP contribution in [0, 0.1) is 5.92 Å². The first-order chi connectivity index (χ1) is 9.88. The summed E-state index contributed by atoms with van der Waals surface area (Å²) in [6, 6.07) is 4.19. The molecule has 7 nitrogen and oxygen atoms in total. The molecule has 1 aliphatic carbocycles. The van der Waals surface area contributed by atoms with Gasteiger partial charge in [0.25, 0.3) is 0 Å². The first kappa shape index (κ1) is 17.0. The minimum Gasteiger partial charge on any atom is -0.408 e. The Hall–Kier alpha value is -1.35. The Morgan fingerprint density at radius 2 is 2.14 bits per heavy atom. The normalized spacial score (nSPS) is 16.5. The molecule has 122 valence electrons. The summed E-state index contributed by atoms with van der Waals surface area (Å²) < 4.78 is 33.3. The highest BCUT2D eigenvalue weighted by Crippen LogP contribution is 2.31. The number of hydrogen-bond donors (Lipinski definition) is 2. The summed E-state index contributed by atoms with van der Waals surface area (Å²) >= 11 is 0. The summed E-state index contributed by atoms with van der Waals surface area (Å²) in [7, 11) is -2.09. The van der Waals surface area contributed by atoms with Crippen LogP contribution < -0.4 is 16.2 Å². The van der Waals surface area contributed by atoms with Crippen molar-refractivity contribution >= 4 is 33.5 Å². The molecule has 1 unspecified atom stereocenters. The highest BCUT2D eigenvalue weighted by Gasteiger charge is 2.29. The average molecular weight is 348 g/mol. The number of nitrogens with two attached hydrogens (primary N) is 1. The number of aryl methyl sites for hydroxylation is 1. The van der Waals surface area contributed by atoms with Crippen LogP contribution in [0.5, 0.6) is 0 Å². The van der Waals surface area contributed by atoms with Gasteiger partial charge in [-0.25, -0.2) is 17.9 Å². The Morgan fingerprint density at radius 1 is 1.45 bits per heavy atom. The number of halogens is 1. The van der Waals surface area contributed by atoms with Crippen molar-refractivity contribution in [3.63, 3.8) is 0 Å². The van der Waals surface area contributed by atoms with Crippen LogP contribution >= 0.6 is 12.4 Å². The number of aromatic nitrogens is 1. The minimum absolute atomic E-state index is 0. The van der Waals surface area contributed by atoms with Gasteiger partial charge in [0, 0.05) is 25.7 Å². The standard InChI is InChI=1S/C13H17N3O4S.ClH/c1-16-11-5-4-9(6-12(11)20-13(16)17)21(18,19)15-7-10(14)8-2-3-8;/h4-6,8,10,15H,2-3,7,14H2,1H3;1H. The van der Waals surface area contributed by atoms with E-state index in [4.69, 9.17) is 10.2 Å². The Morgan fingerprint density at radius 3 is 2.77 bits per heavy atom. The predicted octanol–water partition coefficient (Wildman–Crippen LogP) is 0.569. The lowest BCUT2D eigenvalue weighted by molar-refractivity contribution is 0.526. The number of fused-ring (bicyclic) bond motifs is 1. The van der Waals surface area contributed by atoms with E-state index < -0.39 is 15.8 Å². The topological polar surface area (TPSA) is 107 Å². The van der Waals surface area contributed by atoms with E-state index in [1.807, 2.05) is 0 Å². The quantitative estimate of drug-likeness (QED) is 0.822. The fourth-order valence-electron chi connectivity index (χ4n) is 2.26. The molecule has 1 fully saturated rings. The van der Waals surface area contributed by atoms with Crippen molar-refractivity contribution in [2.75, 3.05) is 6.54 Å². The fourth-order valence-corrected chi connectivity index (χ4v) is 3.35. The zero-order chi connectivity index (χ0) is 15.2. The molecular formula is C13H18ClN3O4S. The SMILES string of the molecule is Cl.Cn1c(=O)oc2cc(S(=O)(=O)NCC(N)C3CC3)ccc21. The van der Waals surface area contributed by atoms with Gasteiger partial charge in [-0.15, -0.1) is 12.4 Å². The molecule has 3 rings (SSSR count). The Kier molecular flexibility index (Phi) is 4.67. The number of hydrogen-bond acceptors (Lipinski definition) is 5. The summed E-state index contributed by atoms with van der Waals surface area (Å²) in [5, 5.41) is 0. The zero-order valence-corrected chi connectivity index (χ0v) is 13.6. The molecule has 1 atom stereocenters. The van der Waals surface area contributed by atoms with Crippen LogP contribution in [-0.4, -0.2) is 25.6 Å². The van der Waals surface area contributed by atoms with Crippen LogP contribution in [0.1, 0.15) is 12.8 Å². The maximum absolute atomic E-state index is 12.2. The zero-order valence-electron chi connectivity index (χ0n) is 12.0. The Bertz CT molecular complexity index is 839. The van der Waals surface area contributed by atoms with Gasteiger partial charge in [0.05, 0.1) is 10.4 Å². The molecule has 1 aromatic heterocycles. The highest BCUT2D eigenvalue weighted by molar-refractivity contribution is 7.89. The minimum atomic E-state index is -3.66. The van der Waals surface area contributed by atoms with Gasteiger partial charge in [-0.1, -0.05) is 0 Å². The van der Waals surface area contributed by atoms with Crippen LogP contribution in [0.25, 0.3) is 11.1 Å². The fraction of sp³-hybridized carbons (Fsp3) is 0.462. The van der Waals surface area contributed by atoms with Gasteiger partial charge in [0.1, 0.15) is 0 Å². The molecule has 22 heavy (non-hydrogen) atoms. The summed E-state index contributed by atoms with van der Waals surface area (Å²) in [4.78, 5) is 11.5. The van der Waals surface area contributed by atoms with Crippen molar-refractivity contribution in [1.29, 1.82) is 0 Å². The van der Waals surface area contributed by atoms with Crippen molar-refractivity contribution in [3.05, 3.63) is 28.7 Å². The van der Waals surface area contributed by atoms with Crippen LogP contribution in [0.3, 0.4) is 0 Å². The number of oxazole rings is 1. The number of nitrogens with one attached hydrogen (secondary N) is 1. The molecule has 1 heterocycles. The molecule has 1 aromatic carbocycles. The number of sulfonamides is 1. The predicted molar refractivity (Wildman–Crippen MR) is 84.6 cm³/mol. The third-order valence-electron chi connectivity index (χ3n) is 3.81. The smallest absolute Gasteiger partial charge is 0.408 e. The van der Waals surface area contributed by atoms with Gasteiger partial charge in [0.2, 0.25) is 10.0 Å². The van der Waals surface area contributed by atoms with Crippen molar-refractivity contribution in [2.45, 2.75) is 23.8 Å². The lowest BCUT2D eigenvalue weighted by atomic mass is 10.2. The molecule has 0 radical (unpaired) electrons. The molecule has 0 spiro atoms. The first-order valence-electron chi connectivity index (χ1n) is 6.73. The van der Waals surface area contributed by atoms with Gasteiger partial charge in [-0.05, 0) is 30.9 Å². The molecule has 0 saturated heterocycles. The molecule has 9 heteroatoms. The highest BCUT2D eigenvalue weighted by atomic mass is 35.5. The second-order valence-corrected chi connectivity index (χ2v) is 7.18. The van der Waals surface area contributed by atoms with Gasteiger partial charge in [-0.2, -0.15) is 0 Å². The molecular weight excluding hydrogens is 330 g/mol. The van der Waals surface area contributed by atoms with Crippen molar-refractivity contribution in [3.8, 4) is 0 Å². The molecule has 1 saturated carbocycles. The summed E-state index contributed by atoms with van der Waals surface area (Å²) in [6.07, 6.45) is 2.12. The van der Waals surface area contributed by atoms with Crippen LogP contribution in [0.2, 0.25) is 0 Å². The molecule has 1 aliphatic rings. The third-order valence-corrected chi connectivity index (χ3v) is 5.23. The van der Waals surface area contributed by atoms with E-state index in [2.05, 4.69) is 4.72 Å². The van der Waals surface area contributed by atoms with Gasteiger partial charge < -0.3 is 10.2 Å². The number of rotatable bonds is 5. The van der Waals surface area contributed by atoms with Crippen molar-refractivity contribution < 1.29 is 12.8 Å². The molecule has 3 N–H and O–H groups in total. The average Bonchev–Trinajstić information content (AvgIpc) is 3.24. The maximum atomic E-state index is 12.2. The monoisotopic (exact) mass is 347 g/mol. The third kappa shape index (κ3) is 3.19. The van der Waals surface area contributed by atoms with Gasteiger partial charge in [0.15, 0.2) is 5.58 Å². The summed E-state index contributed by atoms with van der Waals surface area (Å²) in [6.45, 7) is 0.212. The largest absolute Gasteiger partial charge is 0.419 e. The lowest BCUT2D eigenvalue weighted by Gasteiger charge is -2.12. The Balaban J connectivity index is 0.00000176. The first-order valence-corrected chi connectivity index (χ1v) is 8.21. The summed E-state index contributed by atoms with van der Waals surface area (Å²) in [5.74, 6) is -0.106. The van der Waals surface area contributed by atoms with E-state index in [-0.39, 0.29) is 35.5 Å². The molecule has 2 aromatic rings. The van der Waals surface area contributed by atoms with E-state index in [1.54, 1.807) is 13.1 Å². The Labute approximate surface area is 133 Å². The molecule has 0 bridgehead atoms. The van der Waals surface area contributed by atoms with Gasteiger partial charge >= 0.3 is 5.76 Å². The lowest BCUT2D eigenvalue weighted by Crippen LogP contribution is -2.38. The van der Waals surface area contributed by atoms with E-state index in [0.717, 1.165) is 12.8 Å². The number of nitrogens with zero attached hydrogens (tertiary/aromatic N) is 1. The van der Waals surface area contributed by atoms with Crippen LogP contribution in [-0.2, 0) is 17.1 Å².